The van der Waals surface area contributed by atoms with Gasteiger partial charge in [0.15, 0.2) is 0 Å². The fourth-order valence-corrected chi connectivity index (χ4v) is 4.83. The van der Waals surface area contributed by atoms with Crippen LogP contribution in [0.3, 0.4) is 0 Å². The van der Waals surface area contributed by atoms with E-state index in [9.17, 15) is 13.2 Å². The molecule has 2 atom stereocenters. The van der Waals surface area contributed by atoms with E-state index in [1.165, 1.54) is 4.31 Å². The first-order valence-corrected chi connectivity index (χ1v) is 12.6. The van der Waals surface area contributed by atoms with Crippen LogP contribution in [0.5, 0.6) is 5.75 Å². The van der Waals surface area contributed by atoms with Gasteiger partial charge in [-0.1, -0.05) is 51.1 Å². The summed E-state index contributed by atoms with van der Waals surface area (Å²) in [7, 11) is -3.69. The Hall–Kier alpha value is -2.54. The minimum atomic E-state index is -3.69. The minimum Gasteiger partial charge on any atom is -0.494 e. The van der Waals surface area contributed by atoms with E-state index in [1.807, 2.05) is 44.2 Å². The van der Waals surface area contributed by atoms with Crippen LogP contribution in [0.25, 0.3) is 0 Å². The molecule has 0 radical (unpaired) electrons. The smallest absolute Gasteiger partial charge is 0.244 e. The van der Waals surface area contributed by atoms with Crippen molar-refractivity contribution in [3.05, 3.63) is 60.2 Å². The highest BCUT2D eigenvalue weighted by Gasteiger charge is 2.32. The van der Waals surface area contributed by atoms with E-state index in [4.69, 9.17) is 4.74 Å². The van der Waals surface area contributed by atoms with Crippen LogP contribution in [0, 0.1) is 5.92 Å². The Kier molecular flexibility index (Phi) is 8.92. The van der Waals surface area contributed by atoms with Crippen LogP contribution >= 0.6 is 0 Å². The van der Waals surface area contributed by atoms with Gasteiger partial charge in [0.2, 0.25) is 15.9 Å². The van der Waals surface area contributed by atoms with Crippen molar-refractivity contribution in [2.45, 2.75) is 52.6 Å². The third kappa shape index (κ3) is 6.99. The summed E-state index contributed by atoms with van der Waals surface area (Å²) in [6, 6.07) is 15.5. The first-order chi connectivity index (χ1) is 14.7. The number of benzene rings is 2. The van der Waals surface area contributed by atoms with Gasteiger partial charge >= 0.3 is 0 Å². The molecule has 0 bridgehead atoms. The van der Waals surface area contributed by atoms with Crippen LogP contribution < -0.4 is 14.4 Å². The van der Waals surface area contributed by atoms with Gasteiger partial charge in [-0.25, -0.2) is 8.42 Å². The molecule has 0 aliphatic rings. The standard InChI is InChI=1S/C24H34N2O4S/c1-6-23(24(27)25-22(17-18(3)4)19-11-9-8-10-12-19)26(31(5,28)29)20-13-15-21(16-14-20)30-7-2/h8-16,18,22-23H,6-7,17H2,1-5H3,(H,25,27)/t22-,23+/m0/s1. The van der Waals surface area contributed by atoms with Gasteiger partial charge in [-0.2, -0.15) is 0 Å². The Labute approximate surface area is 186 Å². The van der Waals surface area contributed by atoms with E-state index in [0.717, 1.165) is 18.2 Å². The number of sulfonamides is 1. The van der Waals surface area contributed by atoms with Crippen molar-refractivity contribution in [1.29, 1.82) is 0 Å². The molecule has 7 heteroatoms. The van der Waals surface area contributed by atoms with Gasteiger partial charge in [-0.3, -0.25) is 9.10 Å². The van der Waals surface area contributed by atoms with Crippen molar-refractivity contribution < 1.29 is 17.9 Å². The number of hydrogen-bond acceptors (Lipinski definition) is 4. The average Bonchev–Trinajstić information content (AvgIpc) is 2.72. The lowest BCUT2D eigenvalue weighted by Crippen LogP contribution is -2.50. The number of anilines is 1. The van der Waals surface area contributed by atoms with Crippen LogP contribution in [0.1, 0.15) is 52.1 Å². The lowest BCUT2D eigenvalue weighted by atomic mass is 9.96. The zero-order valence-corrected chi connectivity index (χ0v) is 19.9. The Morgan fingerprint density at radius 2 is 1.65 bits per heavy atom. The molecule has 1 N–H and O–H groups in total. The van der Waals surface area contributed by atoms with E-state index < -0.39 is 16.1 Å². The summed E-state index contributed by atoms with van der Waals surface area (Å²) >= 11 is 0. The summed E-state index contributed by atoms with van der Waals surface area (Å²) in [5.41, 5.74) is 1.44. The van der Waals surface area contributed by atoms with E-state index >= 15 is 0 Å². The molecule has 6 nitrogen and oxygen atoms in total. The van der Waals surface area contributed by atoms with E-state index in [0.29, 0.717) is 30.4 Å². The monoisotopic (exact) mass is 446 g/mol. The second-order valence-corrected chi connectivity index (χ2v) is 9.87. The third-order valence-corrected chi connectivity index (χ3v) is 6.14. The topological polar surface area (TPSA) is 75.7 Å². The summed E-state index contributed by atoms with van der Waals surface area (Å²) in [5, 5.41) is 3.10. The Bertz CT molecular complexity index is 928. The highest BCUT2D eigenvalue weighted by Crippen LogP contribution is 2.27. The summed E-state index contributed by atoms with van der Waals surface area (Å²) in [4.78, 5) is 13.3. The van der Waals surface area contributed by atoms with Gasteiger partial charge in [0, 0.05) is 0 Å². The molecule has 31 heavy (non-hydrogen) atoms. The number of rotatable bonds is 11. The predicted molar refractivity (Wildman–Crippen MR) is 126 cm³/mol. The first kappa shape index (κ1) is 24.7. The fourth-order valence-electron chi connectivity index (χ4n) is 3.62. The second kappa shape index (κ2) is 11.2. The normalized spacial score (nSPS) is 13.5. The zero-order valence-electron chi connectivity index (χ0n) is 19.0. The summed E-state index contributed by atoms with van der Waals surface area (Å²) in [6.45, 7) is 8.42. The molecule has 0 aromatic heterocycles. The second-order valence-electron chi connectivity index (χ2n) is 8.01. The van der Waals surface area contributed by atoms with Gasteiger partial charge in [0.25, 0.3) is 0 Å². The Morgan fingerprint density at radius 3 is 2.13 bits per heavy atom. The maximum absolute atomic E-state index is 13.3. The van der Waals surface area contributed by atoms with Crippen LogP contribution in [-0.2, 0) is 14.8 Å². The van der Waals surface area contributed by atoms with E-state index in [2.05, 4.69) is 19.2 Å². The van der Waals surface area contributed by atoms with Crippen molar-refractivity contribution in [2.75, 3.05) is 17.2 Å². The molecule has 0 saturated heterocycles. The first-order valence-electron chi connectivity index (χ1n) is 10.7. The van der Waals surface area contributed by atoms with Gasteiger partial charge in [-0.05, 0) is 55.5 Å². The number of hydrogen-bond donors (Lipinski definition) is 1. The van der Waals surface area contributed by atoms with Crippen LogP contribution in [0.4, 0.5) is 5.69 Å². The molecule has 0 saturated carbocycles. The van der Waals surface area contributed by atoms with Crippen LogP contribution in [0.15, 0.2) is 54.6 Å². The molecular formula is C24H34N2O4S. The van der Waals surface area contributed by atoms with Crippen molar-refractivity contribution in [2.24, 2.45) is 5.92 Å². The molecule has 2 rings (SSSR count). The Morgan fingerprint density at radius 1 is 1.03 bits per heavy atom. The van der Waals surface area contributed by atoms with Crippen LogP contribution in [-0.4, -0.2) is 33.2 Å². The Balaban J connectivity index is 2.34. The number of amides is 1. The third-order valence-electron chi connectivity index (χ3n) is 4.96. The summed E-state index contributed by atoms with van der Waals surface area (Å²) < 4.78 is 32.0. The number of ether oxygens (including phenoxy) is 1. The molecule has 0 fully saturated rings. The van der Waals surface area contributed by atoms with Gasteiger partial charge in [0.05, 0.1) is 24.6 Å². The maximum atomic E-state index is 13.3. The molecule has 1 amide bonds. The quantitative estimate of drug-likeness (QED) is 0.550. The van der Waals surface area contributed by atoms with E-state index in [-0.39, 0.29) is 11.9 Å². The number of carbonyl (C=O) groups is 1. The van der Waals surface area contributed by atoms with Crippen LogP contribution in [0.2, 0.25) is 0 Å². The SMILES string of the molecule is CCOc1ccc(N([C@H](CC)C(=O)N[C@@H](CC(C)C)c2ccccc2)S(C)(=O)=O)cc1. The molecule has 0 heterocycles. The van der Waals surface area contributed by atoms with Gasteiger partial charge in [0.1, 0.15) is 11.8 Å². The van der Waals surface area contributed by atoms with E-state index in [1.54, 1.807) is 24.3 Å². The zero-order chi connectivity index (χ0) is 23.0. The highest BCUT2D eigenvalue weighted by atomic mass is 32.2. The van der Waals surface area contributed by atoms with Crippen molar-refractivity contribution in [1.82, 2.24) is 5.32 Å². The minimum absolute atomic E-state index is 0.190. The maximum Gasteiger partial charge on any atom is 0.244 e. The van der Waals surface area contributed by atoms with Gasteiger partial charge in [-0.15, -0.1) is 0 Å². The van der Waals surface area contributed by atoms with Crippen molar-refractivity contribution in [3.8, 4) is 5.75 Å². The largest absolute Gasteiger partial charge is 0.494 e. The molecule has 0 spiro atoms. The molecule has 2 aromatic carbocycles. The molecule has 2 aromatic rings. The molecule has 170 valence electrons. The number of nitrogens with zero attached hydrogens (tertiary/aromatic N) is 1. The summed E-state index contributed by atoms with van der Waals surface area (Å²) in [5.74, 6) is 0.706. The molecule has 0 aliphatic carbocycles. The average molecular weight is 447 g/mol. The lowest BCUT2D eigenvalue weighted by molar-refractivity contribution is -0.123. The predicted octanol–water partition coefficient (Wildman–Crippen LogP) is 4.53. The summed E-state index contributed by atoms with van der Waals surface area (Å²) in [6.07, 6.45) is 2.23. The number of carbonyl (C=O) groups excluding carboxylic acids is 1. The van der Waals surface area contributed by atoms with Crippen molar-refractivity contribution >= 4 is 21.6 Å². The van der Waals surface area contributed by atoms with Gasteiger partial charge < -0.3 is 10.1 Å². The van der Waals surface area contributed by atoms with Crippen molar-refractivity contribution in [3.63, 3.8) is 0 Å². The molecule has 0 aliphatic heterocycles. The fraction of sp³-hybridized carbons (Fsp3) is 0.458. The highest BCUT2D eigenvalue weighted by molar-refractivity contribution is 7.92. The lowest BCUT2D eigenvalue weighted by Gasteiger charge is -2.32. The number of nitrogens with one attached hydrogen (secondary N) is 1. The molecular weight excluding hydrogens is 412 g/mol. The molecule has 0 unspecified atom stereocenters.